The van der Waals surface area contributed by atoms with Crippen molar-refractivity contribution in [1.29, 1.82) is 0 Å². The first-order valence-corrected chi connectivity index (χ1v) is 9.08. The Balaban J connectivity index is 1.76. The molecule has 0 spiro atoms. The first kappa shape index (κ1) is 16.4. The molecular weight excluding hydrogens is 396 g/mol. The van der Waals surface area contributed by atoms with Crippen LogP contribution in [0.15, 0.2) is 58.2 Å². The Hall–Kier alpha value is -1.50. The molecule has 2 aromatic carbocycles. The van der Waals surface area contributed by atoms with Gasteiger partial charge in [0.1, 0.15) is 0 Å². The minimum absolute atomic E-state index is 0.412. The summed E-state index contributed by atoms with van der Waals surface area (Å²) in [6.45, 7) is 0.636. The maximum Gasteiger partial charge on any atom is 0.223 e. The van der Waals surface area contributed by atoms with Crippen molar-refractivity contribution in [3.05, 3.63) is 69.2 Å². The van der Waals surface area contributed by atoms with Crippen LogP contribution in [0.25, 0.3) is 0 Å². The highest BCUT2D eigenvalue weighted by Crippen LogP contribution is 2.27. The van der Waals surface area contributed by atoms with Gasteiger partial charge in [0, 0.05) is 15.2 Å². The summed E-state index contributed by atoms with van der Waals surface area (Å²) in [4.78, 5) is 0. The predicted molar refractivity (Wildman–Crippen MR) is 98.7 cm³/mol. The second-order valence-corrected chi connectivity index (χ2v) is 7.20. The van der Waals surface area contributed by atoms with Gasteiger partial charge < -0.3 is 5.73 Å². The average Bonchev–Trinajstić information content (AvgIpc) is 2.89. The van der Waals surface area contributed by atoms with Crippen molar-refractivity contribution in [3.63, 3.8) is 0 Å². The third-order valence-corrected chi connectivity index (χ3v) is 5.23. The highest BCUT2D eigenvalue weighted by atomic mass is 79.9. The molecule has 3 aromatic rings. The zero-order chi connectivity index (χ0) is 16.2. The maximum absolute atomic E-state index is 6.19. The summed E-state index contributed by atoms with van der Waals surface area (Å²) in [5, 5.41) is 9.70. The van der Waals surface area contributed by atoms with Crippen LogP contribution in [0.1, 0.15) is 11.1 Å². The van der Waals surface area contributed by atoms with Crippen molar-refractivity contribution < 1.29 is 0 Å². The molecule has 4 nitrogen and oxygen atoms in total. The maximum atomic E-state index is 6.19. The Labute approximate surface area is 152 Å². The number of nitrogens with two attached hydrogens (primary N) is 1. The van der Waals surface area contributed by atoms with Gasteiger partial charge >= 0.3 is 0 Å². The predicted octanol–water partition coefficient (Wildman–Crippen LogP) is 4.62. The quantitative estimate of drug-likeness (QED) is 0.625. The summed E-state index contributed by atoms with van der Waals surface area (Å²) in [6, 6.07) is 15.9. The van der Waals surface area contributed by atoms with Crippen LogP contribution in [0.2, 0.25) is 5.02 Å². The fourth-order valence-corrected chi connectivity index (χ4v) is 3.58. The summed E-state index contributed by atoms with van der Waals surface area (Å²) in [5.74, 6) is 1.13. The van der Waals surface area contributed by atoms with E-state index in [1.165, 1.54) is 0 Å². The van der Waals surface area contributed by atoms with Crippen molar-refractivity contribution in [2.24, 2.45) is 0 Å². The summed E-state index contributed by atoms with van der Waals surface area (Å²) >= 11 is 11.2. The number of nitrogen functional groups attached to an aromatic ring is 1. The van der Waals surface area contributed by atoms with E-state index in [9.17, 15) is 0 Å². The second-order valence-electron chi connectivity index (χ2n) is 4.93. The number of benzene rings is 2. The van der Waals surface area contributed by atoms with E-state index in [4.69, 9.17) is 17.3 Å². The van der Waals surface area contributed by atoms with Crippen LogP contribution < -0.4 is 5.73 Å². The number of hydrogen-bond donors (Lipinski definition) is 1. The van der Waals surface area contributed by atoms with Crippen LogP contribution in [-0.2, 0) is 12.3 Å². The molecule has 0 saturated carbocycles. The molecule has 23 heavy (non-hydrogen) atoms. The average molecular weight is 410 g/mol. The molecule has 0 aliphatic heterocycles. The van der Waals surface area contributed by atoms with Gasteiger partial charge in [-0.05, 0) is 29.3 Å². The molecule has 0 amide bonds. The van der Waals surface area contributed by atoms with E-state index >= 15 is 0 Å². The number of aromatic nitrogens is 3. The van der Waals surface area contributed by atoms with Crippen LogP contribution in [0.4, 0.5) is 5.95 Å². The molecule has 1 heterocycles. The second kappa shape index (κ2) is 7.38. The molecule has 0 saturated heterocycles. The number of thioether (sulfide) groups is 1. The van der Waals surface area contributed by atoms with Crippen LogP contribution in [0.3, 0.4) is 0 Å². The highest BCUT2D eigenvalue weighted by molar-refractivity contribution is 9.10. The van der Waals surface area contributed by atoms with Crippen molar-refractivity contribution in [3.8, 4) is 0 Å². The van der Waals surface area contributed by atoms with E-state index < -0.39 is 0 Å². The Kier molecular flexibility index (Phi) is 5.25. The number of rotatable bonds is 5. The number of halogens is 2. The lowest BCUT2D eigenvalue weighted by molar-refractivity contribution is 0.717. The van der Waals surface area contributed by atoms with Gasteiger partial charge in [0.05, 0.1) is 6.54 Å². The van der Waals surface area contributed by atoms with E-state index in [-0.39, 0.29) is 0 Å². The monoisotopic (exact) mass is 408 g/mol. The van der Waals surface area contributed by atoms with Crippen molar-refractivity contribution in [2.75, 3.05) is 5.73 Å². The number of anilines is 1. The molecule has 0 aliphatic carbocycles. The Morgan fingerprint density at radius 1 is 1.09 bits per heavy atom. The fraction of sp³-hybridized carbons (Fsp3) is 0.125. The smallest absolute Gasteiger partial charge is 0.223 e. The van der Waals surface area contributed by atoms with Gasteiger partial charge in [-0.1, -0.05) is 69.6 Å². The van der Waals surface area contributed by atoms with Crippen molar-refractivity contribution >= 4 is 45.2 Å². The molecule has 0 unspecified atom stereocenters. The van der Waals surface area contributed by atoms with Crippen molar-refractivity contribution in [1.82, 2.24) is 14.8 Å². The van der Waals surface area contributed by atoms with Crippen LogP contribution >= 0.6 is 39.3 Å². The lowest BCUT2D eigenvalue weighted by atomic mass is 10.2. The van der Waals surface area contributed by atoms with Crippen LogP contribution in [0, 0.1) is 0 Å². The molecule has 1 aromatic heterocycles. The van der Waals surface area contributed by atoms with Crippen molar-refractivity contribution in [2.45, 2.75) is 17.5 Å². The van der Waals surface area contributed by atoms with E-state index in [0.29, 0.717) is 12.5 Å². The fourth-order valence-electron chi connectivity index (χ4n) is 2.09. The van der Waals surface area contributed by atoms with Gasteiger partial charge in [0.15, 0.2) is 5.16 Å². The summed E-state index contributed by atoms with van der Waals surface area (Å²) in [7, 11) is 0. The zero-order valence-electron chi connectivity index (χ0n) is 12.1. The Morgan fingerprint density at radius 3 is 2.57 bits per heavy atom. The van der Waals surface area contributed by atoms with Gasteiger partial charge in [0.25, 0.3) is 0 Å². The van der Waals surface area contributed by atoms with Gasteiger partial charge in [0.2, 0.25) is 5.95 Å². The first-order chi connectivity index (χ1) is 11.1. The zero-order valence-corrected chi connectivity index (χ0v) is 15.3. The molecule has 0 bridgehead atoms. The minimum atomic E-state index is 0.412. The largest absolute Gasteiger partial charge is 0.368 e. The molecule has 0 atom stereocenters. The lowest BCUT2D eigenvalue weighted by Crippen LogP contribution is -2.06. The molecule has 0 aliphatic rings. The Bertz CT molecular complexity index is 804. The van der Waals surface area contributed by atoms with E-state index in [1.54, 1.807) is 11.8 Å². The van der Waals surface area contributed by atoms with Gasteiger partial charge in [-0.25, -0.2) is 0 Å². The third kappa shape index (κ3) is 4.07. The number of hydrogen-bond acceptors (Lipinski definition) is 4. The van der Waals surface area contributed by atoms with Gasteiger partial charge in [-0.3, -0.25) is 4.57 Å². The molecule has 118 valence electrons. The Morgan fingerprint density at radius 2 is 1.83 bits per heavy atom. The molecule has 7 heteroatoms. The topological polar surface area (TPSA) is 56.7 Å². The van der Waals surface area contributed by atoms with Gasteiger partial charge in [-0.15, -0.1) is 10.2 Å². The third-order valence-electron chi connectivity index (χ3n) is 3.31. The van der Waals surface area contributed by atoms with E-state index in [2.05, 4.69) is 26.1 Å². The van der Waals surface area contributed by atoms with E-state index in [0.717, 1.165) is 31.5 Å². The molecular formula is C16H14BrClN4S. The molecule has 2 N–H and O–H groups in total. The molecule has 3 rings (SSSR count). The summed E-state index contributed by atoms with van der Waals surface area (Å²) in [5.41, 5.74) is 8.16. The van der Waals surface area contributed by atoms with Crippen LogP contribution in [-0.4, -0.2) is 14.8 Å². The lowest BCUT2D eigenvalue weighted by Gasteiger charge is -2.09. The normalized spacial score (nSPS) is 10.9. The van der Waals surface area contributed by atoms with Gasteiger partial charge in [-0.2, -0.15) is 0 Å². The van der Waals surface area contributed by atoms with Crippen LogP contribution in [0.5, 0.6) is 0 Å². The molecule has 0 radical (unpaired) electrons. The molecule has 0 fully saturated rings. The standard InChI is InChI=1S/C16H14BrClN4S/c17-13-7-5-11(6-8-13)9-22-15(19)20-21-16(22)23-10-12-3-1-2-4-14(12)18/h1-8H,9-10H2,(H2,19,20). The summed E-state index contributed by atoms with van der Waals surface area (Å²) < 4.78 is 2.95. The number of nitrogens with zero attached hydrogens (tertiary/aromatic N) is 3. The minimum Gasteiger partial charge on any atom is -0.368 e. The highest BCUT2D eigenvalue weighted by Gasteiger charge is 2.11. The first-order valence-electron chi connectivity index (χ1n) is 6.93. The summed E-state index contributed by atoms with van der Waals surface area (Å²) in [6.07, 6.45) is 0. The van der Waals surface area contributed by atoms with E-state index in [1.807, 2.05) is 53.1 Å². The SMILES string of the molecule is Nc1nnc(SCc2ccccc2Cl)n1Cc1ccc(Br)cc1.